The number of aromatic amines is 2. The van der Waals surface area contributed by atoms with Crippen molar-refractivity contribution >= 4 is 27.7 Å². The second kappa shape index (κ2) is 6.20. The van der Waals surface area contributed by atoms with Gasteiger partial charge in [0, 0.05) is 58.8 Å². The molecule has 0 radical (unpaired) electrons. The van der Waals surface area contributed by atoms with Crippen LogP contribution in [0, 0.1) is 0 Å². The van der Waals surface area contributed by atoms with Crippen LogP contribution in [0.25, 0.3) is 21.8 Å². The van der Waals surface area contributed by atoms with Crippen LogP contribution in [0.2, 0.25) is 0 Å². The zero-order valence-electron chi connectivity index (χ0n) is 15.2. The van der Waals surface area contributed by atoms with Crippen LogP contribution in [0.1, 0.15) is 16.8 Å². The summed E-state index contributed by atoms with van der Waals surface area (Å²) in [5, 5.41) is 2.27. The number of hydrogen-bond donors (Lipinski definition) is 2. The van der Waals surface area contributed by atoms with Crippen LogP contribution in [-0.2, 0) is 24.2 Å². The molecular formula is C22H21N3O2. The van der Waals surface area contributed by atoms with Gasteiger partial charge >= 0.3 is 0 Å². The molecule has 1 aliphatic heterocycles. The second-order valence-electron chi connectivity index (χ2n) is 7.10. The molecular weight excluding hydrogens is 338 g/mol. The molecule has 2 N–H and O–H groups in total. The fraction of sp³-hybridized carbons (Fsp3) is 0.227. The van der Waals surface area contributed by atoms with Gasteiger partial charge in [-0.05, 0) is 29.8 Å². The number of methoxy groups -OCH3 is 1. The number of rotatable bonds is 3. The van der Waals surface area contributed by atoms with Crippen molar-refractivity contribution in [3.05, 3.63) is 65.5 Å². The number of carbonyl (C=O) groups excluding carboxylic acids is 1. The number of nitrogens with one attached hydrogen (secondary N) is 2. The minimum absolute atomic E-state index is 0.169. The summed E-state index contributed by atoms with van der Waals surface area (Å²) in [4.78, 5) is 21.7. The third-order valence-electron chi connectivity index (χ3n) is 5.55. The molecule has 4 aromatic rings. The van der Waals surface area contributed by atoms with Crippen LogP contribution in [0.3, 0.4) is 0 Å². The number of benzene rings is 2. The Kier molecular flexibility index (Phi) is 3.67. The van der Waals surface area contributed by atoms with E-state index in [1.54, 1.807) is 7.11 Å². The van der Waals surface area contributed by atoms with Gasteiger partial charge in [0.2, 0.25) is 5.91 Å². The molecule has 2 aromatic carbocycles. The first-order valence-electron chi connectivity index (χ1n) is 9.23. The zero-order chi connectivity index (χ0) is 18.4. The van der Waals surface area contributed by atoms with Crippen LogP contribution >= 0.6 is 0 Å². The van der Waals surface area contributed by atoms with Gasteiger partial charge in [-0.25, -0.2) is 0 Å². The smallest absolute Gasteiger partial charge is 0.227 e. The van der Waals surface area contributed by atoms with Gasteiger partial charge in [0.25, 0.3) is 0 Å². The van der Waals surface area contributed by atoms with Gasteiger partial charge in [-0.15, -0.1) is 0 Å². The number of amides is 1. The molecule has 5 heteroatoms. The standard InChI is InChI=1S/C22H21N3O2/c1-27-15-6-7-20-17(11-15)18-13-25(9-8-21(18)24-20)22(26)10-14-12-23-19-5-3-2-4-16(14)19/h2-7,11-12,23-24H,8-10,13H2,1H3. The maximum Gasteiger partial charge on any atom is 0.227 e. The first kappa shape index (κ1) is 16.0. The van der Waals surface area contributed by atoms with E-state index in [1.807, 2.05) is 41.4 Å². The lowest BCUT2D eigenvalue weighted by Gasteiger charge is -2.27. The van der Waals surface area contributed by atoms with E-state index < -0.39 is 0 Å². The highest BCUT2D eigenvalue weighted by atomic mass is 16.5. The van der Waals surface area contributed by atoms with Crippen molar-refractivity contribution in [1.82, 2.24) is 14.9 Å². The maximum atomic E-state index is 13.0. The van der Waals surface area contributed by atoms with Crippen LogP contribution in [0.4, 0.5) is 0 Å². The quantitative estimate of drug-likeness (QED) is 0.585. The summed E-state index contributed by atoms with van der Waals surface area (Å²) in [6, 6.07) is 14.2. The van der Waals surface area contributed by atoms with Gasteiger partial charge in [0.05, 0.1) is 13.5 Å². The summed E-state index contributed by atoms with van der Waals surface area (Å²) in [7, 11) is 1.68. The molecule has 1 aliphatic rings. The van der Waals surface area contributed by atoms with E-state index in [4.69, 9.17) is 4.74 Å². The van der Waals surface area contributed by atoms with E-state index in [-0.39, 0.29) is 5.91 Å². The van der Waals surface area contributed by atoms with Crippen molar-refractivity contribution in [2.45, 2.75) is 19.4 Å². The van der Waals surface area contributed by atoms with Gasteiger partial charge in [0.1, 0.15) is 5.75 Å². The van der Waals surface area contributed by atoms with E-state index in [9.17, 15) is 4.79 Å². The highest BCUT2D eigenvalue weighted by molar-refractivity contribution is 5.90. The summed E-state index contributed by atoms with van der Waals surface area (Å²) in [5.74, 6) is 1.01. The van der Waals surface area contributed by atoms with Gasteiger partial charge < -0.3 is 19.6 Å². The summed E-state index contributed by atoms with van der Waals surface area (Å²) in [5.41, 5.74) is 5.68. The Balaban J connectivity index is 1.42. The fourth-order valence-corrected chi connectivity index (χ4v) is 4.09. The number of para-hydroxylation sites is 1. The van der Waals surface area contributed by atoms with Crippen LogP contribution in [0.15, 0.2) is 48.7 Å². The minimum atomic E-state index is 0.169. The summed E-state index contributed by atoms with van der Waals surface area (Å²) in [6.07, 6.45) is 3.23. The monoisotopic (exact) mass is 359 g/mol. The molecule has 27 heavy (non-hydrogen) atoms. The maximum absolute atomic E-state index is 13.0. The highest BCUT2D eigenvalue weighted by Gasteiger charge is 2.24. The molecule has 0 atom stereocenters. The Morgan fingerprint density at radius 2 is 2.04 bits per heavy atom. The van der Waals surface area contributed by atoms with E-state index in [1.165, 1.54) is 11.3 Å². The average Bonchev–Trinajstić information content (AvgIpc) is 3.28. The van der Waals surface area contributed by atoms with Gasteiger partial charge in [-0.1, -0.05) is 18.2 Å². The van der Waals surface area contributed by atoms with E-state index in [2.05, 4.69) is 22.1 Å². The largest absolute Gasteiger partial charge is 0.497 e. The van der Waals surface area contributed by atoms with Gasteiger partial charge in [-0.2, -0.15) is 0 Å². The Morgan fingerprint density at radius 3 is 2.93 bits per heavy atom. The summed E-state index contributed by atoms with van der Waals surface area (Å²) < 4.78 is 5.37. The van der Waals surface area contributed by atoms with E-state index in [0.717, 1.165) is 46.1 Å². The molecule has 2 aromatic heterocycles. The van der Waals surface area contributed by atoms with Crippen LogP contribution in [0.5, 0.6) is 5.75 Å². The predicted octanol–water partition coefficient (Wildman–Crippen LogP) is 3.79. The second-order valence-corrected chi connectivity index (χ2v) is 7.10. The first-order chi connectivity index (χ1) is 13.2. The molecule has 0 fully saturated rings. The number of nitrogens with zero attached hydrogens (tertiary/aromatic N) is 1. The Labute approximate surface area is 156 Å². The molecule has 3 heterocycles. The van der Waals surface area contributed by atoms with Crippen molar-refractivity contribution < 1.29 is 9.53 Å². The number of H-pyrrole nitrogens is 2. The lowest BCUT2D eigenvalue weighted by atomic mass is 10.0. The Bertz CT molecular complexity index is 1160. The normalized spacial score (nSPS) is 13.9. The van der Waals surface area contributed by atoms with Crippen LogP contribution in [-0.4, -0.2) is 34.4 Å². The molecule has 1 amide bonds. The third kappa shape index (κ3) is 2.67. The highest BCUT2D eigenvalue weighted by Crippen LogP contribution is 2.31. The molecule has 0 saturated carbocycles. The third-order valence-corrected chi connectivity index (χ3v) is 5.55. The van der Waals surface area contributed by atoms with Crippen LogP contribution < -0.4 is 4.74 Å². The molecule has 0 unspecified atom stereocenters. The SMILES string of the molecule is COc1ccc2[nH]c3c(c2c1)CN(C(=O)Cc1c[nH]c2ccccc12)CC3. The number of hydrogen-bond acceptors (Lipinski definition) is 2. The number of carbonyl (C=O) groups is 1. The van der Waals surface area contributed by atoms with E-state index in [0.29, 0.717) is 13.0 Å². The van der Waals surface area contributed by atoms with Gasteiger partial charge in [-0.3, -0.25) is 4.79 Å². The summed E-state index contributed by atoms with van der Waals surface area (Å²) in [6.45, 7) is 1.39. The van der Waals surface area contributed by atoms with E-state index >= 15 is 0 Å². The molecule has 0 spiro atoms. The topological polar surface area (TPSA) is 61.1 Å². The van der Waals surface area contributed by atoms with Crippen molar-refractivity contribution in [3.63, 3.8) is 0 Å². The van der Waals surface area contributed by atoms with Crippen molar-refractivity contribution in [2.24, 2.45) is 0 Å². The lowest BCUT2D eigenvalue weighted by Crippen LogP contribution is -2.36. The molecule has 136 valence electrons. The first-order valence-corrected chi connectivity index (χ1v) is 9.23. The Hall–Kier alpha value is -3.21. The molecule has 5 rings (SSSR count). The van der Waals surface area contributed by atoms with Gasteiger partial charge in [0.15, 0.2) is 0 Å². The molecule has 0 saturated heterocycles. The Morgan fingerprint density at radius 1 is 1.15 bits per heavy atom. The van der Waals surface area contributed by atoms with Crippen molar-refractivity contribution in [1.29, 1.82) is 0 Å². The number of fused-ring (bicyclic) bond motifs is 4. The van der Waals surface area contributed by atoms with Crippen molar-refractivity contribution in [3.8, 4) is 5.75 Å². The zero-order valence-corrected chi connectivity index (χ0v) is 15.2. The van der Waals surface area contributed by atoms with Crippen molar-refractivity contribution in [2.75, 3.05) is 13.7 Å². The lowest BCUT2D eigenvalue weighted by molar-refractivity contribution is -0.131. The average molecular weight is 359 g/mol. The summed E-state index contributed by atoms with van der Waals surface area (Å²) >= 11 is 0. The molecule has 5 nitrogen and oxygen atoms in total. The predicted molar refractivity (Wildman–Crippen MR) is 106 cm³/mol. The molecule has 0 aliphatic carbocycles. The minimum Gasteiger partial charge on any atom is -0.497 e. The number of ether oxygens (including phenoxy) is 1. The molecule has 0 bridgehead atoms. The fourth-order valence-electron chi connectivity index (χ4n) is 4.09. The number of aromatic nitrogens is 2.